The van der Waals surface area contributed by atoms with Crippen LogP contribution in [-0.2, 0) is 38.7 Å². The van der Waals surface area contributed by atoms with Crippen molar-refractivity contribution < 1.29 is 56.8 Å². The van der Waals surface area contributed by atoms with Crippen molar-refractivity contribution in [2.24, 2.45) is 0 Å². The van der Waals surface area contributed by atoms with Crippen LogP contribution in [0.1, 0.15) is 206 Å². The second kappa shape index (κ2) is 36.1. The van der Waals surface area contributed by atoms with Crippen LogP contribution in [0.4, 0.5) is 0 Å². The third kappa shape index (κ3) is 30.4. The fourth-order valence-corrected chi connectivity index (χ4v) is 7.89. The van der Waals surface area contributed by atoms with Crippen LogP contribution in [0.15, 0.2) is 12.2 Å². The maximum atomic E-state index is 12.8. The van der Waals surface area contributed by atoms with Crippen LogP contribution in [0.2, 0.25) is 0 Å². The van der Waals surface area contributed by atoms with Crippen LogP contribution in [0.25, 0.3) is 0 Å². The number of ether oxygens (including phenoxy) is 4. The molecule has 1 aliphatic heterocycles. The molecule has 12 nitrogen and oxygen atoms in total. The average molecular weight is 849 g/mol. The monoisotopic (exact) mass is 849 g/mol. The van der Waals surface area contributed by atoms with Gasteiger partial charge in [-0.15, -0.1) is 0 Å². The van der Waals surface area contributed by atoms with Crippen LogP contribution < -0.4 is 0 Å². The Labute approximate surface area is 352 Å². The lowest BCUT2D eigenvalue weighted by Gasteiger charge is -2.40. The van der Waals surface area contributed by atoms with Crippen LogP contribution in [-0.4, -0.2) is 96.0 Å². The first kappa shape index (κ1) is 54.4. The maximum Gasteiger partial charge on any atom is 0.306 e. The summed E-state index contributed by atoms with van der Waals surface area (Å²) in [6.07, 6.45) is 28.2. The van der Waals surface area contributed by atoms with Gasteiger partial charge in [0.15, 0.2) is 12.4 Å². The molecule has 0 aromatic heterocycles. The normalized spacial score (nSPS) is 20.4. The smallest absolute Gasteiger partial charge is 0.306 e. The highest BCUT2D eigenvalue weighted by atomic mass is 32.2. The number of aliphatic hydroxyl groups excluding tert-OH is 3. The van der Waals surface area contributed by atoms with Gasteiger partial charge in [-0.3, -0.25) is 14.1 Å². The van der Waals surface area contributed by atoms with Crippen molar-refractivity contribution in [2.45, 2.75) is 243 Å². The molecule has 0 aromatic rings. The lowest BCUT2D eigenvalue weighted by molar-refractivity contribution is -0.297. The van der Waals surface area contributed by atoms with Gasteiger partial charge in [-0.1, -0.05) is 167 Å². The molecule has 1 rings (SSSR count). The van der Waals surface area contributed by atoms with Crippen LogP contribution >= 0.6 is 0 Å². The molecule has 0 saturated carbocycles. The molecule has 342 valence electrons. The summed E-state index contributed by atoms with van der Waals surface area (Å²) < 4.78 is 54.1. The van der Waals surface area contributed by atoms with Crippen molar-refractivity contribution in [2.75, 3.05) is 19.0 Å². The van der Waals surface area contributed by atoms with Crippen molar-refractivity contribution in [1.82, 2.24) is 0 Å². The van der Waals surface area contributed by atoms with E-state index in [1.807, 2.05) is 0 Å². The first-order valence-corrected chi connectivity index (χ1v) is 24.9. The molecule has 58 heavy (non-hydrogen) atoms. The van der Waals surface area contributed by atoms with Crippen molar-refractivity contribution in [3.63, 3.8) is 0 Å². The molecular formula is C45H84O12S. The van der Waals surface area contributed by atoms with Gasteiger partial charge in [-0.25, -0.2) is 0 Å². The molecule has 0 radical (unpaired) electrons. The lowest BCUT2D eigenvalue weighted by Crippen LogP contribution is -2.60. The second-order valence-electron chi connectivity index (χ2n) is 16.4. The minimum absolute atomic E-state index is 0.169. The van der Waals surface area contributed by atoms with E-state index in [1.165, 1.54) is 122 Å². The lowest BCUT2D eigenvalue weighted by atomic mass is 10.00. The number of hydrogen-bond donors (Lipinski definition) is 4. The maximum absolute atomic E-state index is 12.8. The minimum atomic E-state index is -4.60. The van der Waals surface area contributed by atoms with Gasteiger partial charge in [-0.2, -0.15) is 8.42 Å². The Kier molecular flexibility index (Phi) is 33.8. The Bertz CT molecular complexity index is 1130. The molecule has 0 bridgehead atoms. The van der Waals surface area contributed by atoms with Crippen molar-refractivity contribution in [3.05, 3.63) is 12.2 Å². The standard InChI is InChI=1S/C45H84O12S/c1-3-5-7-9-11-13-15-17-18-19-20-22-23-25-27-29-31-33-40(46)54-35-38(36-55-45-44(50)43(49)42(48)39(57-45)37-58(51,52)53)56-41(47)34-32-30-28-26-24-21-16-14-12-10-8-6-4-2/h17-18,38-39,42-45,48-50H,3-16,19-37H2,1-2H3,(H,51,52,53)/b18-17+/t38-,39-,42-,43?,44?,45+/m1/s1. The quantitative estimate of drug-likeness (QED) is 0.0199. The van der Waals surface area contributed by atoms with Crippen LogP contribution in [0.3, 0.4) is 0 Å². The van der Waals surface area contributed by atoms with Gasteiger partial charge in [0.2, 0.25) is 0 Å². The predicted octanol–water partition coefficient (Wildman–Crippen LogP) is 9.45. The Balaban J connectivity index is 2.42. The Morgan fingerprint density at radius 2 is 0.983 bits per heavy atom. The summed E-state index contributed by atoms with van der Waals surface area (Å²) in [6.45, 7) is 3.76. The molecule has 0 spiro atoms. The van der Waals surface area contributed by atoms with Crippen LogP contribution in [0.5, 0.6) is 0 Å². The number of esters is 2. The van der Waals surface area contributed by atoms with E-state index in [-0.39, 0.29) is 19.4 Å². The zero-order valence-corrected chi connectivity index (χ0v) is 37.2. The SMILES string of the molecule is CCCCCCCC/C=C/CCCCCCCCCC(=O)OC[C@H](CO[C@H]1O[C@H](CS(=O)(=O)O)[C@@H](O)C(O)C1O)OC(=O)CCCCCCCCCCCCCCC. The van der Waals surface area contributed by atoms with Gasteiger partial charge in [0.25, 0.3) is 10.1 Å². The molecule has 0 amide bonds. The molecule has 0 aliphatic carbocycles. The van der Waals surface area contributed by atoms with Gasteiger partial charge in [0.05, 0.1) is 6.61 Å². The highest BCUT2D eigenvalue weighted by molar-refractivity contribution is 7.85. The van der Waals surface area contributed by atoms with Crippen molar-refractivity contribution in [1.29, 1.82) is 0 Å². The topological polar surface area (TPSA) is 186 Å². The summed E-state index contributed by atoms with van der Waals surface area (Å²) in [4.78, 5) is 25.4. The van der Waals surface area contributed by atoms with Gasteiger partial charge in [0, 0.05) is 12.8 Å². The van der Waals surface area contributed by atoms with E-state index >= 15 is 0 Å². The molecule has 13 heteroatoms. The number of carbonyl (C=O) groups is 2. The van der Waals surface area contributed by atoms with E-state index in [1.54, 1.807) is 0 Å². The van der Waals surface area contributed by atoms with E-state index < -0.39 is 71.2 Å². The molecular weight excluding hydrogens is 765 g/mol. The summed E-state index contributed by atoms with van der Waals surface area (Å²) in [6, 6.07) is 0. The molecule has 4 N–H and O–H groups in total. The van der Waals surface area contributed by atoms with Gasteiger partial charge < -0.3 is 34.3 Å². The highest BCUT2D eigenvalue weighted by Crippen LogP contribution is 2.24. The third-order valence-electron chi connectivity index (χ3n) is 10.8. The van der Waals surface area contributed by atoms with Gasteiger partial charge in [0.1, 0.15) is 36.8 Å². The third-order valence-corrected chi connectivity index (χ3v) is 11.6. The number of hydrogen-bond acceptors (Lipinski definition) is 11. The first-order chi connectivity index (χ1) is 28.0. The predicted molar refractivity (Wildman–Crippen MR) is 229 cm³/mol. The zero-order valence-electron chi connectivity index (χ0n) is 36.4. The molecule has 1 heterocycles. The number of carbonyl (C=O) groups excluding carboxylic acids is 2. The number of allylic oxidation sites excluding steroid dienone is 2. The first-order valence-electron chi connectivity index (χ1n) is 23.2. The number of rotatable bonds is 39. The average Bonchev–Trinajstić information content (AvgIpc) is 3.18. The van der Waals surface area contributed by atoms with E-state index in [0.29, 0.717) is 12.8 Å². The van der Waals surface area contributed by atoms with E-state index in [0.717, 1.165) is 44.9 Å². The van der Waals surface area contributed by atoms with Gasteiger partial charge >= 0.3 is 11.9 Å². The molecule has 6 atom stereocenters. The van der Waals surface area contributed by atoms with Crippen molar-refractivity contribution in [3.8, 4) is 0 Å². The summed E-state index contributed by atoms with van der Waals surface area (Å²) in [7, 11) is -4.60. The summed E-state index contributed by atoms with van der Waals surface area (Å²) in [5.41, 5.74) is 0. The van der Waals surface area contributed by atoms with Crippen LogP contribution in [0, 0.1) is 0 Å². The largest absolute Gasteiger partial charge is 0.462 e. The van der Waals surface area contributed by atoms with Crippen molar-refractivity contribution >= 4 is 22.1 Å². The Morgan fingerprint density at radius 3 is 1.43 bits per heavy atom. The van der Waals surface area contributed by atoms with E-state index in [9.17, 15) is 37.9 Å². The molecule has 1 aliphatic rings. The molecule has 0 aromatic carbocycles. The molecule has 1 fully saturated rings. The zero-order chi connectivity index (χ0) is 42.7. The Morgan fingerprint density at radius 1 is 0.569 bits per heavy atom. The summed E-state index contributed by atoms with van der Waals surface area (Å²) >= 11 is 0. The number of unbranched alkanes of at least 4 members (excludes halogenated alkanes) is 25. The summed E-state index contributed by atoms with van der Waals surface area (Å²) in [5.74, 6) is -1.98. The second-order valence-corrected chi connectivity index (χ2v) is 17.9. The van der Waals surface area contributed by atoms with Gasteiger partial charge in [-0.05, 0) is 38.5 Å². The minimum Gasteiger partial charge on any atom is -0.462 e. The number of aliphatic hydroxyl groups is 3. The fourth-order valence-electron chi connectivity index (χ4n) is 7.20. The summed E-state index contributed by atoms with van der Waals surface area (Å²) in [5, 5.41) is 30.9. The fraction of sp³-hybridized carbons (Fsp3) is 0.911. The molecule has 1 saturated heterocycles. The van der Waals surface area contributed by atoms with E-state index in [4.69, 9.17) is 18.9 Å². The Hall–Kier alpha value is -1.61. The highest BCUT2D eigenvalue weighted by Gasteiger charge is 2.46. The van der Waals surface area contributed by atoms with E-state index in [2.05, 4.69) is 26.0 Å². The molecule has 2 unspecified atom stereocenters.